The summed E-state index contributed by atoms with van der Waals surface area (Å²) in [6.07, 6.45) is 3.25. The summed E-state index contributed by atoms with van der Waals surface area (Å²) in [6, 6.07) is 3.49. The molecule has 0 aromatic carbocycles. The molecule has 5 N–H and O–H groups in total. The fourth-order valence-electron chi connectivity index (χ4n) is 1.58. The number of pyridine rings is 1. The molecule has 0 radical (unpaired) electrons. The summed E-state index contributed by atoms with van der Waals surface area (Å²) in [5.74, 6) is 0.347. The molecule has 0 aliphatic rings. The Labute approximate surface area is 110 Å². The predicted octanol–water partition coefficient (Wildman–Crippen LogP) is 0.749. The maximum atomic E-state index is 11.6. The van der Waals surface area contributed by atoms with Crippen molar-refractivity contribution in [3.63, 3.8) is 0 Å². The molecule has 0 bridgehead atoms. The maximum absolute atomic E-state index is 11.6. The van der Waals surface area contributed by atoms with E-state index in [2.05, 4.69) is 25.8 Å². The Hall–Kier alpha value is -2.57. The summed E-state index contributed by atoms with van der Waals surface area (Å²) in [6.45, 7) is 2.96. The molecule has 2 heterocycles. The van der Waals surface area contributed by atoms with Crippen LogP contribution in [0.25, 0.3) is 0 Å². The molecule has 0 saturated carbocycles. The van der Waals surface area contributed by atoms with E-state index in [1.54, 1.807) is 24.5 Å². The van der Waals surface area contributed by atoms with Gasteiger partial charge >= 0.3 is 0 Å². The normalized spacial score (nSPS) is 10.2. The zero-order valence-electron chi connectivity index (χ0n) is 10.6. The third kappa shape index (κ3) is 3.21. The molecule has 2 aromatic rings. The summed E-state index contributed by atoms with van der Waals surface area (Å²) in [5.41, 5.74) is 7.74. The molecule has 7 nitrogen and oxygen atoms in total. The topological polar surface area (TPSA) is 109 Å². The number of carbonyl (C=O) groups excluding carboxylic acids is 1. The van der Waals surface area contributed by atoms with E-state index in [1.807, 2.05) is 6.92 Å². The number of H-pyrrole nitrogens is 1. The van der Waals surface area contributed by atoms with Gasteiger partial charge < -0.3 is 16.4 Å². The molecule has 0 saturated heterocycles. The molecule has 0 unspecified atom stereocenters. The van der Waals surface area contributed by atoms with Crippen LogP contribution in [0, 0.1) is 0 Å². The van der Waals surface area contributed by atoms with E-state index in [-0.39, 0.29) is 5.91 Å². The van der Waals surface area contributed by atoms with Crippen molar-refractivity contribution in [2.45, 2.75) is 13.5 Å². The lowest BCUT2D eigenvalue weighted by Crippen LogP contribution is -2.23. The quantitative estimate of drug-likeness (QED) is 0.634. The number of rotatable bonds is 5. The maximum Gasteiger partial charge on any atom is 0.269 e. The summed E-state index contributed by atoms with van der Waals surface area (Å²) in [4.78, 5) is 15.7. The minimum Gasteiger partial charge on any atom is -0.384 e. The highest BCUT2D eigenvalue weighted by Crippen LogP contribution is 2.12. The molecular weight excluding hydrogens is 244 g/mol. The van der Waals surface area contributed by atoms with Crippen molar-refractivity contribution in [1.29, 1.82) is 0 Å². The van der Waals surface area contributed by atoms with Crippen molar-refractivity contribution in [1.82, 2.24) is 20.5 Å². The van der Waals surface area contributed by atoms with Gasteiger partial charge in [-0.3, -0.25) is 14.9 Å². The van der Waals surface area contributed by atoms with Gasteiger partial charge in [-0.1, -0.05) is 0 Å². The van der Waals surface area contributed by atoms with Gasteiger partial charge in [-0.05, 0) is 19.1 Å². The van der Waals surface area contributed by atoms with Crippen molar-refractivity contribution in [3.05, 3.63) is 35.8 Å². The summed E-state index contributed by atoms with van der Waals surface area (Å²) in [5, 5.41) is 12.4. The van der Waals surface area contributed by atoms with Crippen LogP contribution in [0.15, 0.2) is 24.5 Å². The van der Waals surface area contributed by atoms with Crippen LogP contribution in [-0.2, 0) is 6.54 Å². The minimum atomic E-state index is -0.186. The van der Waals surface area contributed by atoms with Gasteiger partial charge in [0.05, 0.1) is 6.20 Å². The molecule has 0 fully saturated rings. The van der Waals surface area contributed by atoms with Crippen LogP contribution in [0.3, 0.4) is 0 Å². The molecule has 0 atom stereocenters. The van der Waals surface area contributed by atoms with Gasteiger partial charge in [0.2, 0.25) is 0 Å². The third-order valence-electron chi connectivity index (χ3n) is 2.56. The van der Waals surface area contributed by atoms with Gasteiger partial charge in [-0.2, -0.15) is 5.10 Å². The number of aromatic amines is 1. The van der Waals surface area contributed by atoms with Crippen LogP contribution in [-0.4, -0.2) is 27.6 Å². The van der Waals surface area contributed by atoms with E-state index in [4.69, 9.17) is 5.73 Å². The van der Waals surface area contributed by atoms with E-state index in [9.17, 15) is 4.79 Å². The lowest BCUT2D eigenvalue weighted by molar-refractivity contribution is 0.0951. The zero-order valence-corrected chi connectivity index (χ0v) is 10.6. The van der Waals surface area contributed by atoms with Gasteiger partial charge in [0.15, 0.2) is 0 Å². The minimum absolute atomic E-state index is 0.186. The summed E-state index contributed by atoms with van der Waals surface area (Å²) >= 11 is 0. The molecule has 19 heavy (non-hydrogen) atoms. The average Bonchev–Trinajstić information content (AvgIpc) is 2.82. The fraction of sp³-hybridized carbons (Fsp3) is 0.250. The third-order valence-corrected chi connectivity index (χ3v) is 2.56. The number of carbonyl (C=O) groups is 1. The monoisotopic (exact) mass is 260 g/mol. The first kappa shape index (κ1) is 12.9. The second kappa shape index (κ2) is 5.85. The van der Waals surface area contributed by atoms with Gasteiger partial charge in [0.25, 0.3) is 5.91 Å². The second-order valence-electron chi connectivity index (χ2n) is 3.95. The van der Waals surface area contributed by atoms with E-state index < -0.39 is 0 Å². The highest BCUT2D eigenvalue weighted by molar-refractivity contribution is 5.93. The number of anilines is 2. The van der Waals surface area contributed by atoms with Crippen LogP contribution in [0.1, 0.15) is 23.0 Å². The zero-order chi connectivity index (χ0) is 13.7. The largest absolute Gasteiger partial charge is 0.384 e. The van der Waals surface area contributed by atoms with Crippen molar-refractivity contribution >= 4 is 17.4 Å². The van der Waals surface area contributed by atoms with Crippen LogP contribution in [0.5, 0.6) is 0 Å². The molecule has 0 aliphatic carbocycles. The SMILES string of the molecule is CCNC(=O)c1cc(NCc2cn[nH]c2N)ccn1. The second-order valence-corrected chi connectivity index (χ2v) is 3.95. The number of hydrogen-bond donors (Lipinski definition) is 4. The molecule has 2 aromatic heterocycles. The number of nitrogens with zero attached hydrogens (tertiary/aromatic N) is 2. The lowest BCUT2D eigenvalue weighted by Gasteiger charge is -2.07. The van der Waals surface area contributed by atoms with E-state index in [0.29, 0.717) is 24.6 Å². The molecular formula is C12H16N6O. The smallest absolute Gasteiger partial charge is 0.269 e. The molecule has 7 heteroatoms. The Morgan fingerprint density at radius 1 is 1.53 bits per heavy atom. The van der Waals surface area contributed by atoms with Crippen molar-refractivity contribution in [3.8, 4) is 0 Å². The summed E-state index contributed by atoms with van der Waals surface area (Å²) < 4.78 is 0. The number of nitrogens with two attached hydrogens (primary N) is 1. The van der Waals surface area contributed by atoms with Crippen LogP contribution >= 0.6 is 0 Å². The van der Waals surface area contributed by atoms with E-state index in [0.717, 1.165) is 11.3 Å². The number of aromatic nitrogens is 3. The van der Waals surface area contributed by atoms with Gasteiger partial charge in [0.1, 0.15) is 11.5 Å². The standard InChI is InChI=1S/C12H16N6O/c1-2-14-12(19)10-5-9(3-4-15-10)16-6-8-7-17-18-11(8)13/h3-5,7H,2,6H2,1H3,(H,14,19)(H,15,16)(H3,13,17,18). The number of nitrogen functional groups attached to an aromatic ring is 1. The molecule has 2 rings (SSSR count). The van der Waals surface area contributed by atoms with Crippen molar-refractivity contribution < 1.29 is 4.79 Å². The van der Waals surface area contributed by atoms with Gasteiger partial charge in [-0.15, -0.1) is 0 Å². The Balaban J connectivity index is 2.03. The first-order valence-electron chi connectivity index (χ1n) is 5.96. The highest BCUT2D eigenvalue weighted by atomic mass is 16.1. The number of nitrogens with one attached hydrogen (secondary N) is 3. The Morgan fingerprint density at radius 3 is 3.05 bits per heavy atom. The Bertz CT molecular complexity index is 565. The van der Waals surface area contributed by atoms with E-state index in [1.165, 1.54) is 0 Å². The first-order chi connectivity index (χ1) is 9.20. The van der Waals surface area contributed by atoms with Crippen LogP contribution in [0.4, 0.5) is 11.5 Å². The molecule has 0 aliphatic heterocycles. The molecule has 100 valence electrons. The number of hydrogen-bond acceptors (Lipinski definition) is 5. The fourth-order valence-corrected chi connectivity index (χ4v) is 1.58. The summed E-state index contributed by atoms with van der Waals surface area (Å²) in [7, 11) is 0. The number of amides is 1. The van der Waals surface area contributed by atoms with Gasteiger partial charge in [0, 0.05) is 30.5 Å². The Morgan fingerprint density at radius 2 is 2.37 bits per heavy atom. The average molecular weight is 260 g/mol. The van der Waals surface area contributed by atoms with E-state index >= 15 is 0 Å². The predicted molar refractivity (Wildman–Crippen MR) is 72.6 cm³/mol. The van der Waals surface area contributed by atoms with Crippen molar-refractivity contribution in [2.24, 2.45) is 0 Å². The van der Waals surface area contributed by atoms with Gasteiger partial charge in [-0.25, -0.2) is 0 Å². The van der Waals surface area contributed by atoms with Crippen LogP contribution < -0.4 is 16.4 Å². The Kier molecular flexibility index (Phi) is 3.97. The highest BCUT2D eigenvalue weighted by Gasteiger charge is 2.07. The van der Waals surface area contributed by atoms with Crippen LogP contribution in [0.2, 0.25) is 0 Å². The lowest BCUT2D eigenvalue weighted by atomic mass is 10.2. The molecule has 0 spiro atoms. The first-order valence-corrected chi connectivity index (χ1v) is 5.96. The van der Waals surface area contributed by atoms with Crippen molar-refractivity contribution in [2.75, 3.05) is 17.6 Å². The molecule has 1 amide bonds.